The molecule has 0 bridgehead atoms. The Morgan fingerprint density at radius 1 is 1.26 bits per heavy atom. The van der Waals surface area contributed by atoms with Crippen LogP contribution in [0.5, 0.6) is 5.75 Å². The molecule has 0 spiro atoms. The molecule has 1 N–H and O–H groups in total. The number of thiazole rings is 1. The minimum Gasteiger partial charge on any atom is -0.497 e. The lowest BCUT2D eigenvalue weighted by molar-refractivity contribution is -0.120. The number of halogens is 1. The molecule has 1 aliphatic heterocycles. The van der Waals surface area contributed by atoms with Crippen molar-refractivity contribution in [2.75, 3.05) is 25.5 Å². The highest BCUT2D eigenvalue weighted by Crippen LogP contribution is 2.33. The van der Waals surface area contributed by atoms with Crippen molar-refractivity contribution in [2.45, 2.75) is 17.7 Å². The number of thiophene rings is 1. The number of sulfonamides is 1. The molecule has 0 aliphatic carbocycles. The number of nitrogens with zero attached hydrogens (tertiary/aromatic N) is 2. The Bertz CT molecular complexity index is 1170. The number of anilines is 1. The van der Waals surface area contributed by atoms with Crippen LogP contribution in [0.3, 0.4) is 0 Å². The second-order valence-electron chi connectivity index (χ2n) is 7.01. The molecule has 0 saturated carbocycles. The molecule has 1 aromatic carbocycles. The predicted octanol–water partition coefficient (Wildman–Crippen LogP) is 4.57. The Morgan fingerprint density at radius 3 is 2.71 bits per heavy atom. The van der Waals surface area contributed by atoms with Crippen molar-refractivity contribution >= 4 is 55.3 Å². The highest BCUT2D eigenvalue weighted by atomic mass is 35.5. The SMILES string of the molecule is COc1ccc(S(=O)(=O)N2CCCC(C(=O)Nc3nc(-c4ccc(Cl)s4)cs3)C2)cc1. The highest BCUT2D eigenvalue weighted by Gasteiger charge is 2.33. The van der Waals surface area contributed by atoms with Crippen LogP contribution in [-0.2, 0) is 14.8 Å². The zero-order valence-corrected chi connectivity index (χ0v) is 19.8. The number of methoxy groups -OCH3 is 1. The molecule has 11 heteroatoms. The summed E-state index contributed by atoms with van der Waals surface area (Å²) in [4.78, 5) is 18.4. The van der Waals surface area contributed by atoms with E-state index < -0.39 is 15.9 Å². The zero-order chi connectivity index (χ0) is 22.0. The van der Waals surface area contributed by atoms with Crippen LogP contribution in [0.25, 0.3) is 10.6 Å². The number of carbonyl (C=O) groups excluding carboxylic acids is 1. The van der Waals surface area contributed by atoms with Crippen LogP contribution in [0.2, 0.25) is 4.34 Å². The van der Waals surface area contributed by atoms with E-state index in [1.165, 1.54) is 46.2 Å². The summed E-state index contributed by atoms with van der Waals surface area (Å²) in [6.45, 7) is 0.525. The Hall–Kier alpha value is -1.98. The molecule has 2 aromatic heterocycles. The number of nitrogens with one attached hydrogen (secondary N) is 1. The zero-order valence-electron chi connectivity index (χ0n) is 16.6. The molecule has 4 rings (SSSR count). The van der Waals surface area contributed by atoms with E-state index in [0.717, 1.165) is 10.6 Å². The monoisotopic (exact) mass is 497 g/mol. The summed E-state index contributed by atoms with van der Waals surface area (Å²) in [7, 11) is -2.16. The van der Waals surface area contributed by atoms with E-state index in [1.54, 1.807) is 18.2 Å². The number of piperidine rings is 1. The van der Waals surface area contributed by atoms with Gasteiger partial charge in [0, 0.05) is 18.5 Å². The summed E-state index contributed by atoms with van der Waals surface area (Å²) in [5.74, 6) is -0.0764. The summed E-state index contributed by atoms with van der Waals surface area (Å²) < 4.78 is 33.2. The van der Waals surface area contributed by atoms with Gasteiger partial charge in [-0.3, -0.25) is 4.79 Å². The van der Waals surface area contributed by atoms with Crippen molar-refractivity contribution in [3.63, 3.8) is 0 Å². The third-order valence-corrected chi connectivity index (χ3v) is 8.90. The third kappa shape index (κ3) is 4.93. The largest absolute Gasteiger partial charge is 0.497 e. The predicted molar refractivity (Wildman–Crippen MR) is 124 cm³/mol. The first-order valence-corrected chi connectivity index (χ1v) is 13.0. The fourth-order valence-corrected chi connectivity index (χ4v) is 6.69. The second kappa shape index (κ2) is 9.25. The molecule has 1 unspecified atom stereocenters. The lowest BCUT2D eigenvalue weighted by atomic mass is 9.99. The average Bonchev–Trinajstić information content (AvgIpc) is 3.42. The van der Waals surface area contributed by atoms with Crippen molar-refractivity contribution in [1.29, 1.82) is 0 Å². The molecule has 3 aromatic rings. The number of hydrogen-bond donors (Lipinski definition) is 1. The van der Waals surface area contributed by atoms with E-state index >= 15 is 0 Å². The second-order valence-corrected chi connectivity index (χ2v) is 11.5. The maximum Gasteiger partial charge on any atom is 0.243 e. The van der Waals surface area contributed by atoms with Gasteiger partial charge in [-0.15, -0.1) is 22.7 Å². The van der Waals surface area contributed by atoms with Gasteiger partial charge < -0.3 is 10.1 Å². The normalized spacial score (nSPS) is 17.4. The number of benzene rings is 1. The van der Waals surface area contributed by atoms with Crippen LogP contribution in [-0.4, -0.2) is 43.8 Å². The minimum absolute atomic E-state index is 0.138. The lowest BCUT2D eigenvalue weighted by Crippen LogP contribution is -2.43. The molecule has 1 aliphatic rings. The quantitative estimate of drug-likeness (QED) is 0.538. The Morgan fingerprint density at radius 2 is 2.03 bits per heavy atom. The molecule has 1 amide bonds. The Labute approximate surface area is 193 Å². The van der Waals surface area contributed by atoms with Crippen molar-refractivity contribution in [2.24, 2.45) is 5.92 Å². The fraction of sp³-hybridized carbons (Fsp3) is 0.300. The number of carbonyl (C=O) groups is 1. The van der Waals surface area contributed by atoms with Gasteiger partial charge in [-0.25, -0.2) is 13.4 Å². The van der Waals surface area contributed by atoms with Crippen molar-refractivity contribution in [3.05, 3.63) is 46.1 Å². The topological polar surface area (TPSA) is 88.6 Å². The maximum atomic E-state index is 13.0. The smallest absolute Gasteiger partial charge is 0.243 e. The maximum absolute atomic E-state index is 13.0. The van der Waals surface area contributed by atoms with Gasteiger partial charge in [0.2, 0.25) is 15.9 Å². The molecule has 1 fully saturated rings. The van der Waals surface area contributed by atoms with Gasteiger partial charge in [-0.1, -0.05) is 11.6 Å². The van der Waals surface area contributed by atoms with Gasteiger partial charge in [-0.2, -0.15) is 4.31 Å². The molecule has 1 atom stereocenters. The first-order valence-electron chi connectivity index (χ1n) is 9.53. The summed E-state index contributed by atoms with van der Waals surface area (Å²) in [6, 6.07) is 9.96. The number of aromatic nitrogens is 1. The minimum atomic E-state index is -3.68. The lowest BCUT2D eigenvalue weighted by Gasteiger charge is -2.31. The van der Waals surface area contributed by atoms with Crippen molar-refractivity contribution < 1.29 is 17.9 Å². The van der Waals surface area contributed by atoms with Crippen LogP contribution >= 0.6 is 34.3 Å². The fourth-order valence-electron chi connectivity index (χ4n) is 3.38. The van der Waals surface area contributed by atoms with Crippen molar-refractivity contribution in [1.82, 2.24) is 9.29 Å². The van der Waals surface area contributed by atoms with E-state index in [4.69, 9.17) is 16.3 Å². The van der Waals surface area contributed by atoms with Crippen LogP contribution in [0.4, 0.5) is 5.13 Å². The van der Waals surface area contributed by atoms with Crippen LogP contribution in [0.15, 0.2) is 46.7 Å². The summed E-state index contributed by atoms with van der Waals surface area (Å²) >= 11 is 8.73. The van der Waals surface area contributed by atoms with E-state index in [1.807, 2.05) is 11.4 Å². The van der Waals surface area contributed by atoms with Gasteiger partial charge in [0.1, 0.15) is 5.75 Å². The van der Waals surface area contributed by atoms with Crippen LogP contribution in [0.1, 0.15) is 12.8 Å². The molecule has 31 heavy (non-hydrogen) atoms. The van der Waals surface area contributed by atoms with E-state index in [2.05, 4.69) is 10.3 Å². The van der Waals surface area contributed by atoms with Crippen LogP contribution in [0, 0.1) is 5.92 Å². The standard InChI is InChI=1S/C20H20ClN3O4S3/c1-28-14-4-6-15(7-5-14)31(26,27)24-10-2-3-13(11-24)19(25)23-20-22-16(12-29-20)17-8-9-18(21)30-17/h4-9,12-13H,2-3,10-11H2,1H3,(H,22,23,25). The van der Waals surface area contributed by atoms with E-state index in [9.17, 15) is 13.2 Å². The Kier molecular flexibility index (Phi) is 6.63. The average molecular weight is 498 g/mol. The molecule has 164 valence electrons. The molecule has 7 nitrogen and oxygen atoms in total. The van der Waals surface area contributed by atoms with Crippen LogP contribution < -0.4 is 10.1 Å². The van der Waals surface area contributed by atoms with Gasteiger partial charge in [0.05, 0.1) is 32.8 Å². The Balaban J connectivity index is 1.43. The van der Waals surface area contributed by atoms with Gasteiger partial charge in [0.25, 0.3) is 0 Å². The molecule has 3 heterocycles. The van der Waals surface area contributed by atoms with Gasteiger partial charge in [0.15, 0.2) is 5.13 Å². The molecule has 1 saturated heterocycles. The number of hydrogen-bond acceptors (Lipinski definition) is 7. The van der Waals surface area contributed by atoms with Gasteiger partial charge >= 0.3 is 0 Å². The highest BCUT2D eigenvalue weighted by molar-refractivity contribution is 7.89. The molecular formula is C20H20ClN3O4S3. The van der Waals surface area contributed by atoms with E-state index in [-0.39, 0.29) is 17.3 Å². The first kappa shape index (κ1) is 22.2. The van der Waals surface area contributed by atoms with Crippen molar-refractivity contribution in [3.8, 4) is 16.3 Å². The first-order chi connectivity index (χ1) is 14.9. The summed E-state index contributed by atoms with van der Waals surface area (Å²) in [5.41, 5.74) is 0.754. The summed E-state index contributed by atoms with van der Waals surface area (Å²) in [5, 5.41) is 5.18. The van der Waals surface area contributed by atoms with Gasteiger partial charge in [-0.05, 0) is 49.2 Å². The van der Waals surface area contributed by atoms with E-state index in [0.29, 0.717) is 34.6 Å². The number of amides is 1. The summed E-state index contributed by atoms with van der Waals surface area (Å²) in [6.07, 6.45) is 1.24. The third-order valence-electron chi connectivity index (χ3n) is 5.01. The number of ether oxygens (including phenoxy) is 1. The molecular weight excluding hydrogens is 478 g/mol. The molecule has 0 radical (unpaired) electrons. The number of rotatable bonds is 6.